The van der Waals surface area contributed by atoms with E-state index in [2.05, 4.69) is 77.0 Å². The first-order valence-corrected chi connectivity index (χ1v) is 19.6. The third-order valence-electron chi connectivity index (χ3n) is 8.81. The number of thioether (sulfide) groups is 1. The van der Waals surface area contributed by atoms with Gasteiger partial charge in [-0.1, -0.05) is 80.5 Å². The number of carbonyl (C=O) groups excluding carboxylic acids is 1. The molecule has 0 atom stereocenters. The summed E-state index contributed by atoms with van der Waals surface area (Å²) >= 11 is 9.66. The fourth-order valence-corrected chi connectivity index (χ4v) is 8.08. The second kappa shape index (κ2) is 16.2. The second-order valence-electron chi connectivity index (χ2n) is 13.6. The number of ether oxygens (including phenoxy) is 1. The van der Waals surface area contributed by atoms with Crippen molar-refractivity contribution in [1.82, 2.24) is 34.6 Å². The van der Waals surface area contributed by atoms with Gasteiger partial charge >= 0.3 is 6.03 Å². The molecular formula is C39H41ClN8O3S2. The molecule has 1 fully saturated rings. The quantitative estimate of drug-likeness (QED) is 0.112. The van der Waals surface area contributed by atoms with Crippen LogP contribution in [0.2, 0.25) is 5.02 Å². The van der Waals surface area contributed by atoms with Crippen molar-refractivity contribution in [3.63, 3.8) is 0 Å². The standard InChI is InChI=1S/C39H41ClN8O3S2/c1-39(2,3)34-23-36(48(45-34)27-12-14-31(49)30(40)22-27)42-38(50)41-24-26-8-4-6-10-32(26)53-28-13-15-35-43-44-37(47(35)25-28)29-9-5-7-11-33(29)52-21-18-46-16-19-51-20-17-46/h4-15,22-23,25,49H,16-21,24H2,1-3H3,(H2,41,42,50). The van der Waals surface area contributed by atoms with Crippen LogP contribution in [0.4, 0.5) is 10.6 Å². The lowest BCUT2D eigenvalue weighted by atomic mass is 9.92. The number of nitrogens with one attached hydrogen (secondary N) is 2. The van der Waals surface area contributed by atoms with Crippen LogP contribution in [-0.4, -0.2) is 79.0 Å². The van der Waals surface area contributed by atoms with Gasteiger partial charge in [0.05, 0.1) is 29.6 Å². The Balaban J connectivity index is 1.05. The molecule has 53 heavy (non-hydrogen) atoms. The molecule has 11 nitrogen and oxygen atoms in total. The summed E-state index contributed by atoms with van der Waals surface area (Å²) in [6.45, 7) is 11.0. The summed E-state index contributed by atoms with van der Waals surface area (Å²) in [6, 6.07) is 26.7. The number of hydrogen-bond donors (Lipinski definition) is 3. The average Bonchev–Trinajstić information content (AvgIpc) is 3.78. The molecule has 7 rings (SSSR count). The topological polar surface area (TPSA) is 122 Å². The molecule has 2 amide bonds. The Kier molecular flexibility index (Phi) is 11.3. The van der Waals surface area contributed by atoms with E-state index in [1.54, 1.807) is 28.6 Å². The van der Waals surface area contributed by atoms with Gasteiger partial charge in [0.15, 0.2) is 11.5 Å². The average molecular weight is 769 g/mol. The number of aromatic nitrogens is 5. The van der Waals surface area contributed by atoms with Gasteiger partial charge < -0.3 is 15.2 Å². The van der Waals surface area contributed by atoms with E-state index in [9.17, 15) is 9.90 Å². The first-order valence-electron chi connectivity index (χ1n) is 17.4. The zero-order valence-electron chi connectivity index (χ0n) is 29.8. The van der Waals surface area contributed by atoms with Crippen LogP contribution >= 0.6 is 35.1 Å². The Morgan fingerprint density at radius 2 is 1.74 bits per heavy atom. The summed E-state index contributed by atoms with van der Waals surface area (Å²) < 4.78 is 9.17. The number of morpholine rings is 1. The molecule has 0 bridgehead atoms. The van der Waals surface area contributed by atoms with Crippen molar-refractivity contribution in [3.05, 3.63) is 107 Å². The maximum Gasteiger partial charge on any atom is 0.320 e. The van der Waals surface area contributed by atoms with Crippen molar-refractivity contribution in [2.75, 3.05) is 43.9 Å². The van der Waals surface area contributed by atoms with Crippen molar-refractivity contribution in [2.45, 2.75) is 47.4 Å². The predicted molar refractivity (Wildman–Crippen MR) is 212 cm³/mol. The van der Waals surface area contributed by atoms with Gasteiger partial charge in [-0.15, -0.1) is 22.0 Å². The highest BCUT2D eigenvalue weighted by Crippen LogP contribution is 2.35. The minimum Gasteiger partial charge on any atom is -0.506 e. The van der Waals surface area contributed by atoms with Gasteiger partial charge in [0.2, 0.25) is 0 Å². The molecule has 3 N–H and O–H groups in total. The molecule has 3 aromatic carbocycles. The lowest BCUT2D eigenvalue weighted by molar-refractivity contribution is 0.0410. The molecule has 1 saturated heterocycles. The van der Waals surface area contributed by atoms with Crippen molar-refractivity contribution in [1.29, 1.82) is 0 Å². The van der Waals surface area contributed by atoms with Crippen LogP contribution in [0.5, 0.6) is 5.75 Å². The van der Waals surface area contributed by atoms with E-state index in [0.717, 1.165) is 76.7 Å². The third-order valence-corrected chi connectivity index (χ3v) is 11.3. The molecule has 0 aliphatic carbocycles. The highest BCUT2D eigenvalue weighted by molar-refractivity contribution is 7.99. The van der Waals surface area contributed by atoms with Gasteiger partial charge in [-0.05, 0) is 48.0 Å². The van der Waals surface area contributed by atoms with Crippen LogP contribution in [0, 0.1) is 0 Å². The maximum absolute atomic E-state index is 13.3. The fourth-order valence-electron chi connectivity index (χ4n) is 5.88. The first-order chi connectivity index (χ1) is 25.6. The van der Waals surface area contributed by atoms with E-state index in [0.29, 0.717) is 18.1 Å². The Morgan fingerprint density at radius 3 is 2.53 bits per heavy atom. The van der Waals surface area contributed by atoms with E-state index in [4.69, 9.17) is 21.4 Å². The highest BCUT2D eigenvalue weighted by atomic mass is 35.5. The lowest BCUT2D eigenvalue weighted by Crippen LogP contribution is -2.37. The van der Waals surface area contributed by atoms with Gasteiger partial charge in [-0.3, -0.25) is 14.6 Å². The lowest BCUT2D eigenvalue weighted by Gasteiger charge is -2.26. The Morgan fingerprint density at radius 1 is 0.962 bits per heavy atom. The SMILES string of the molecule is CC(C)(C)c1cc(NC(=O)NCc2ccccc2Sc2ccc3nnc(-c4ccccc4SCCN4CCOCC4)n3c2)n(-c2ccc(O)c(Cl)c2)n1. The molecule has 6 aromatic rings. The molecule has 14 heteroatoms. The number of amides is 2. The molecule has 0 radical (unpaired) electrons. The number of fused-ring (bicyclic) bond motifs is 1. The zero-order valence-corrected chi connectivity index (χ0v) is 32.1. The van der Waals surface area contributed by atoms with Crippen LogP contribution < -0.4 is 10.6 Å². The number of benzene rings is 3. The van der Waals surface area contributed by atoms with E-state index >= 15 is 0 Å². The minimum atomic E-state index is -0.381. The number of aromatic hydroxyl groups is 1. The van der Waals surface area contributed by atoms with Crippen LogP contribution in [0.15, 0.2) is 106 Å². The van der Waals surface area contributed by atoms with E-state index in [-0.39, 0.29) is 22.2 Å². The molecule has 0 spiro atoms. The van der Waals surface area contributed by atoms with Crippen LogP contribution in [0.1, 0.15) is 32.0 Å². The number of urea groups is 1. The number of anilines is 1. The molecule has 0 unspecified atom stereocenters. The van der Waals surface area contributed by atoms with Gasteiger partial charge in [-0.2, -0.15) is 5.10 Å². The first kappa shape index (κ1) is 36.8. The number of phenolic OH excluding ortho intramolecular Hbond substituents is 1. The largest absolute Gasteiger partial charge is 0.506 e. The van der Waals surface area contributed by atoms with E-state index in [1.165, 1.54) is 11.0 Å². The van der Waals surface area contributed by atoms with Crippen molar-refractivity contribution in [2.24, 2.45) is 0 Å². The Bertz CT molecular complexity index is 2230. The summed E-state index contributed by atoms with van der Waals surface area (Å²) in [7, 11) is 0. The number of nitrogens with zero attached hydrogens (tertiary/aromatic N) is 6. The molecular weight excluding hydrogens is 728 g/mol. The zero-order chi connectivity index (χ0) is 37.0. The minimum absolute atomic E-state index is 0.0282. The summed E-state index contributed by atoms with van der Waals surface area (Å²) in [5.74, 6) is 2.23. The maximum atomic E-state index is 13.3. The molecule has 1 aliphatic heterocycles. The summed E-state index contributed by atoms with van der Waals surface area (Å²) in [5, 5.41) is 29.9. The highest BCUT2D eigenvalue weighted by Gasteiger charge is 2.22. The number of rotatable bonds is 11. The predicted octanol–water partition coefficient (Wildman–Crippen LogP) is 8.14. The second-order valence-corrected chi connectivity index (χ2v) is 16.3. The monoisotopic (exact) mass is 768 g/mol. The van der Waals surface area contributed by atoms with Gasteiger partial charge in [-0.25, -0.2) is 9.48 Å². The van der Waals surface area contributed by atoms with Crippen LogP contribution in [0.3, 0.4) is 0 Å². The smallest absolute Gasteiger partial charge is 0.320 e. The van der Waals surface area contributed by atoms with Crippen LogP contribution in [-0.2, 0) is 16.7 Å². The number of pyridine rings is 1. The Labute approximate surface area is 322 Å². The molecule has 274 valence electrons. The summed E-state index contributed by atoms with van der Waals surface area (Å²) in [4.78, 5) is 19.0. The number of carbonyl (C=O) groups is 1. The van der Waals surface area contributed by atoms with E-state index < -0.39 is 0 Å². The number of hydrogen-bond acceptors (Lipinski definition) is 9. The van der Waals surface area contributed by atoms with Gasteiger partial charge in [0.1, 0.15) is 11.6 Å². The summed E-state index contributed by atoms with van der Waals surface area (Å²) in [5.41, 5.74) is 3.92. The van der Waals surface area contributed by atoms with E-state index in [1.807, 2.05) is 58.6 Å². The van der Waals surface area contributed by atoms with Gasteiger partial charge in [0.25, 0.3) is 0 Å². The number of halogens is 1. The third kappa shape index (κ3) is 8.82. The van der Waals surface area contributed by atoms with Crippen LogP contribution in [0.25, 0.3) is 22.7 Å². The summed E-state index contributed by atoms with van der Waals surface area (Å²) in [6.07, 6.45) is 2.07. The Hall–Kier alpha value is -4.53. The molecule has 1 aliphatic rings. The van der Waals surface area contributed by atoms with Gasteiger partial charge in [0, 0.05) is 69.9 Å². The normalized spacial score (nSPS) is 13.7. The van der Waals surface area contributed by atoms with Crippen molar-refractivity contribution in [3.8, 4) is 22.8 Å². The fraction of sp³-hybridized carbons (Fsp3) is 0.282. The molecule has 3 aromatic heterocycles. The molecule has 0 saturated carbocycles. The van der Waals surface area contributed by atoms with Crippen molar-refractivity contribution >= 4 is 52.6 Å². The number of phenols is 1. The van der Waals surface area contributed by atoms with Crippen molar-refractivity contribution < 1.29 is 14.6 Å². The molecule has 4 heterocycles.